The van der Waals surface area contributed by atoms with Crippen LogP contribution in [0.15, 0.2) is 18.2 Å². The molecule has 0 amide bonds. The van der Waals surface area contributed by atoms with E-state index in [0.29, 0.717) is 6.04 Å². The molecule has 1 atom stereocenters. The molecule has 1 saturated heterocycles. The average Bonchev–Trinajstić information content (AvgIpc) is 2.72. The van der Waals surface area contributed by atoms with Crippen LogP contribution < -0.4 is 5.32 Å². The summed E-state index contributed by atoms with van der Waals surface area (Å²) in [4.78, 5) is 2.45. The van der Waals surface area contributed by atoms with Crippen molar-refractivity contribution in [1.82, 2.24) is 10.2 Å². The van der Waals surface area contributed by atoms with Crippen LogP contribution in [0, 0.1) is 12.7 Å². The molecule has 94 valence electrons. The minimum atomic E-state index is -0.0909. The number of nitrogens with one attached hydrogen (secondary N) is 1. The SMILES string of the molecule is CNCC1CCCN1Cc1ccc(C)c(F)c1. The fraction of sp³-hybridized carbons (Fsp3) is 0.571. The lowest BCUT2D eigenvalue weighted by Crippen LogP contribution is -2.36. The maximum atomic E-state index is 13.5. The molecule has 1 aromatic rings. The van der Waals surface area contributed by atoms with E-state index in [-0.39, 0.29) is 5.82 Å². The number of likely N-dealkylation sites (N-methyl/N-ethyl adjacent to an activating group) is 1. The van der Waals surface area contributed by atoms with Crippen LogP contribution in [0.4, 0.5) is 4.39 Å². The standard InChI is InChI=1S/C14H21FN2/c1-11-5-6-12(8-14(11)15)10-17-7-3-4-13(17)9-16-2/h5-6,8,13,16H,3-4,7,9-10H2,1-2H3. The first-order valence-corrected chi connectivity index (χ1v) is 6.34. The van der Waals surface area contributed by atoms with Gasteiger partial charge in [-0.3, -0.25) is 4.90 Å². The Kier molecular flexibility index (Phi) is 4.13. The van der Waals surface area contributed by atoms with E-state index in [1.807, 2.05) is 19.2 Å². The maximum Gasteiger partial charge on any atom is 0.126 e. The van der Waals surface area contributed by atoms with Gasteiger partial charge in [0.1, 0.15) is 5.82 Å². The fourth-order valence-corrected chi connectivity index (χ4v) is 2.54. The van der Waals surface area contributed by atoms with E-state index in [0.717, 1.165) is 30.8 Å². The summed E-state index contributed by atoms with van der Waals surface area (Å²) < 4.78 is 13.5. The van der Waals surface area contributed by atoms with Crippen molar-refractivity contribution < 1.29 is 4.39 Å². The zero-order chi connectivity index (χ0) is 12.3. The minimum absolute atomic E-state index is 0.0909. The summed E-state index contributed by atoms with van der Waals surface area (Å²) in [5.74, 6) is -0.0909. The first-order valence-electron chi connectivity index (χ1n) is 6.34. The third kappa shape index (κ3) is 3.05. The number of hydrogen-bond donors (Lipinski definition) is 1. The Hall–Kier alpha value is -0.930. The molecule has 2 rings (SSSR count). The minimum Gasteiger partial charge on any atom is -0.318 e. The second-order valence-electron chi connectivity index (χ2n) is 4.91. The van der Waals surface area contributed by atoms with E-state index in [4.69, 9.17) is 0 Å². The van der Waals surface area contributed by atoms with Gasteiger partial charge >= 0.3 is 0 Å². The van der Waals surface area contributed by atoms with E-state index in [1.165, 1.54) is 12.8 Å². The van der Waals surface area contributed by atoms with Gasteiger partial charge in [0.15, 0.2) is 0 Å². The van der Waals surface area contributed by atoms with Crippen molar-refractivity contribution >= 4 is 0 Å². The van der Waals surface area contributed by atoms with Crippen molar-refractivity contribution in [2.45, 2.75) is 32.4 Å². The van der Waals surface area contributed by atoms with Gasteiger partial charge in [-0.1, -0.05) is 12.1 Å². The van der Waals surface area contributed by atoms with Gasteiger partial charge < -0.3 is 5.32 Å². The molecule has 1 unspecified atom stereocenters. The van der Waals surface area contributed by atoms with Crippen LogP contribution in [-0.2, 0) is 6.54 Å². The van der Waals surface area contributed by atoms with Gasteiger partial charge in [0, 0.05) is 19.1 Å². The summed E-state index contributed by atoms with van der Waals surface area (Å²) in [7, 11) is 1.99. The molecular formula is C14H21FN2. The first kappa shape index (κ1) is 12.5. The smallest absolute Gasteiger partial charge is 0.126 e. The van der Waals surface area contributed by atoms with Gasteiger partial charge in [-0.25, -0.2) is 4.39 Å². The highest BCUT2D eigenvalue weighted by Crippen LogP contribution is 2.20. The van der Waals surface area contributed by atoms with E-state index < -0.39 is 0 Å². The van der Waals surface area contributed by atoms with Crippen molar-refractivity contribution in [3.63, 3.8) is 0 Å². The van der Waals surface area contributed by atoms with Crippen LogP contribution in [0.3, 0.4) is 0 Å². The van der Waals surface area contributed by atoms with E-state index in [1.54, 1.807) is 13.0 Å². The number of hydrogen-bond acceptors (Lipinski definition) is 2. The summed E-state index contributed by atoms with van der Waals surface area (Å²) in [5, 5.41) is 3.23. The number of aryl methyl sites for hydroxylation is 1. The largest absolute Gasteiger partial charge is 0.318 e. The molecule has 1 heterocycles. The molecule has 0 aliphatic carbocycles. The number of rotatable bonds is 4. The van der Waals surface area contributed by atoms with Crippen molar-refractivity contribution in [3.05, 3.63) is 35.1 Å². The summed E-state index contributed by atoms with van der Waals surface area (Å²) in [6.45, 7) is 4.82. The topological polar surface area (TPSA) is 15.3 Å². The Labute approximate surface area is 103 Å². The molecular weight excluding hydrogens is 215 g/mol. The van der Waals surface area contributed by atoms with Gasteiger partial charge in [0.25, 0.3) is 0 Å². The molecule has 1 aliphatic rings. The monoisotopic (exact) mass is 236 g/mol. The van der Waals surface area contributed by atoms with Crippen LogP contribution in [-0.4, -0.2) is 31.1 Å². The van der Waals surface area contributed by atoms with Gasteiger partial charge in [0.05, 0.1) is 0 Å². The molecule has 0 radical (unpaired) electrons. The number of nitrogens with zero attached hydrogens (tertiary/aromatic N) is 1. The zero-order valence-corrected chi connectivity index (χ0v) is 10.7. The highest BCUT2D eigenvalue weighted by molar-refractivity contribution is 5.23. The molecule has 1 N–H and O–H groups in total. The van der Waals surface area contributed by atoms with Crippen LogP contribution in [0.25, 0.3) is 0 Å². The predicted molar refractivity (Wildman–Crippen MR) is 68.5 cm³/mol. The Morgan fingerprint density at radius 1 is 1.47 bits per heavy atom. The van der Waals surface area contributed by atoms with Crippen LogP contribution in [0.2, 0.25) is 0 Å². The fourth-order valence-electron chi connectivity index (χ4n) is 2.54. The predicted octanol–water partition coefficient (Wildman–Crippen LogP) is 2.32. The van der Waals surface area contributed by atoms with E-state index in [9.17, 15) is 4.39 Å². The highest BCUT2D eigenvalue weighted by atomic mass is 19.1. The van der Waals surface area contributed by atoms with Crippen LogP contribution in [0.1, 0.15) is 24.0 Å². The van der Waals surface area contributed by atoms with Gasteiger partial charge in [-0.2, -0.15) is 0 Å². The molecule has 2 nitrogen and oxygen atoms in total. The van der Waals surface area contributed by atoms with Gasteiger partial charge in [-0.15, -0.1) is 0 Å². The molecule has 0 spiro atoms. The van der Waals surface area contributed by atoms with Gasteiger partial charge in [0.2, 0.25) is 0 Å². The summed E-state index contributed by atoms with van der Waals surface area (Å²) in [5.41, 5.74) is 1.80. The number of benzene rings is 1. The van der Waals surface area contributed by atoms with Crippen molar-refractivity contribution in [2.24, 2.45) is 0 Å². The van der Waals surface area contributed by atoms with Crippen LogP contribution in [0.5, 0.6) is 0 Å². The van der Waals surface area contributed by atoms with Crippen LogP contribution >= 0.6 is 0 Å². The van der Waals surface area contributed by atoms with Crippen molar-refractivity contribution in [2.75, 3.05) is 20.1 Å². The molecule has 0 bridgehead atoms. The Morgan fingerprint density at radius 3 is 3.00 bits per heavy atom. The van der Waals surface area contributed by atoms with Gasteiger partial charge in [-0.05, 0) is 50.6 Å². The zero-order valence-electron chi connectivity index (χ0n) is 10.7. The molecule has 0 aromatic heterocycles. The molecule has 3 heteroatoms. The normalized spacial score (nSPS) is 21.0. The third-order valence-electron chi connectivity index (χ3n) is 3.56. The Bertz CT molecular complexity index is 378. The summed E-state index contributed by atoms with van der Waals surface area (Å²) >= 11 is 0. The number of likely N-dealkylation sites (tertiary alicyclic amines) is 1. The lowest BCUT2D eigenvalue weighted by atomic mass is 10.1. The number of halogens is 1. The lowest BCUT2D eigenvalue weighted by molar-refractivity contribution is 0.242. The molecule has 1 aromatic carbocycles. The molecule has 1 aliphatic heterocycles. The first-order chi connectivity index (χ1) is 8.20. The third-order valence-corrected chi connectivity index (χ3v) is 3.56. The molecule has 0 saturated carbocycles. The Morgan fingerprint density at radius 2 is 2.29 bits per heavy atom. The second-order valence-corrected chi connectivity index (χ2v) is 4.91. The maximum absolute atomic E-state index is 13.5. The second kappa shape index (κ2) is 5.61. The Balaban J connectivity index is 2.02. The average molecular weight is 236 g/mol. The highest BCUT2D eigenvalue weighted by Gasteiger charge is 2.23. The van der Waals surface area contributed by atoms with E-state index in [2.05, 4.69) is 10.2 Å². The quantitative estimate of drug-likeness (QED) is 0.863. The molecule has 1 fully saturated rings. The summed E-state index contributed by atoms with van der Waals surface area (Å²) in [6.07, 6.45) is 2.50. The summed E-state index contributed by atoms with van der Waals surface area (Å²) in [6, 6.07) is 6.18. The van der Waals surface area contributed by atoms with E-state index >= 15 is 0 Å². The van der Waals surface area contributed by atoms with Crippen molar-refractivity contribution in [3.8, 4) is 0 Å². The van der Waals surface area contributed by atoms with Crippen molar-refractivity contribution in [1.29, 1.82) is 0 Å². The lowest BCUT2D eigenvalue weighted by Gasteiger charge is -2.24. The molecule has 17 heavy (non-hydrogen) atoms.